The number of imidazole rings is 1. The summed E-state index contributed by atoms with van der Waals surface area (Å²) in [7, 11) is 0. The molecule has 3 rings (SSSR count). The molecule has 0 aliphatic heterocycles. The number of hydrogen-bond donors (Lipinski definition) is 2. The van der Waals surface area contributed by atoms with Crippen molar-refractivity contribution >= 4 is 52.2 Å². The van der Waals surface area contributed by atoms with E-state index in [1.165, 1.54) is 36.2 Å². The summed E-state index contributed by atoms with van der Waals surface area (Å²) in [6, 6.07) is 11.5. The van der Waals surface area contributed by atoms with Gasteiger partial charge in [0.25, 0.3) is 11.6 Å². The first-order chi connectivity index (χ1) is 12.5. The highest BCUT2D eigenvalue weighted by atomic mass is 35.5. The second-order valence-electron chi connectivity index (χ2n) is 5.10. The monoisotopic (exact) mass is 389 g/mol. The zero-order valence-corrected chi connectivity index (χ0v) is 14.8. The lowest BCUT2D eigenvalue weighted by atomic mass is 10.2. The van der Waals surface area contributed by atoms with Crippen LogP contribution < -0.4 is 5.43 Å². The Morgan fingerprint density at radius 2 is 2.19 bits per heavy atom. The largest absolute Gasteiger partial charge is 0.333 e. The first kappa shape index (κ1) is 17.9. The van der Waals surface area contributed by atoms with Gasteiger partial charge in [0.15, 0.2) is 5.16 Å². The number of para-hydroxylation sites is 2. The molecule has 8 nitrogen and oxygen atoms in total. The molecule has 2 aromatic carbocycles. The van der Waals surface area contributed by atoms with Crippen molar-refractivity contribution in [1.29, 1.82) is 0 Å². The van der Waals surface area contributed by atoms with Crippen LogP contribution in [0.15, 0.2) is 52.7 Å². The molecule has 0 saturated heterocycles. The summed E-state index contributed by atoms with van der Waals surface area (Å²) in [6.07, 6.45) is 1.26. The van der Waals surface area contributed by atoms with Gasteiger partial charge in [0, 0.05) is 22.7 Å². The molecular weight excluding hydrogens is 378 g/mol. The molecule has 0 aliphatic rings. The molecule has 1 heterocycles. The third kappa shape index (κ3) is 4.38. The van der Waals surface area contributed by atoms with Gasteiger partial charge in [-0.15, -0.1) is 0 Å². The molecule has 2 N–H and O–H groups in total. The summed E-state index contributed by atoms with van der Waals surface area (Å²) < 4.78 is 0. The highest BCUT2D eigenvalue weighted by Gasteiger charge is 2.09. The summed E-state index contributed by atoms with van der Waals surface area (Å²) in [4.78, 5) is 29.6. The SMILES string of the molecule is O=C(CSc1nc2ccccc2[nH]1)NN=Cc1cc([N+](=O)[O-])ccc1Cl. The lowest BCUT2D eigenvalue weighted by molar-refractivity contribution is -0.384. The number of rotatable bonds is 6. The lowest BCUT2D eigenvalue weighted by Crippen LogP contribution is -2.19. The molecule has 26 heavy (non-hydrogen) atoms. The van der Waals surface area contributed by atoms with E-state index in [-0.39, 0.29) is 17.3 Å². The number of aromatic amines is 1. The second-order valence-corrected chi connectivity index (χ2v) is 6.48. The molecule has 3 aromatic rings. The van der Waals surface area contributed by atoms with Gasteiger partial charge in [0.1, 0.15) is 0 Å². The summed E-state index contributed by atoms with van der Waals surface area (Å²) in [5, 5.41) is 15.5. The zero-order chi connectivity index (χ0) is 18.5. The lowest BCUT2D eigenvalue weighted by Gasteiger charge is -2.00. The number of fused-ring (bicyclic) bond motifs is 1. The van der Waals surface area contributed by atoms with Crippen molar-refractivity contribution in [3.8, 4) is 0 Å². The van der Waals surface area contributed by atoms with Gasteiger partial charge >= 0.3 is 0 Å². The average molecular weight is 390 g/mol. The summed E-state index contributed by atoms with van der Waals surface area (Å²) in [6.45, 7) is 0. The molecule has 1 amide bonds. The van der Waals surface area contributed by atoms with Gasteiger partial charge in [0.2, 0.25) is 0 Å². The van der Waals surface area contributed by atoms with E-state index in [1.807, 2.05) is 24.3 Å². The van der Waals surface area contributed by atoms with E-state index in [4.69, 9.17) is 11.6 Å². The minimum atomic E-state index is -0.532. The number of nitro benzene ring substituents is 1. The molecule has 0 unspecified atom stereocenters. The van der Waals surface area contributed by atoms with Crippen molar-refractivity contribution in [3.05, 3.63) is 63.2 Å². The molecule has 0 atom stereocenters. The van der Waals surface area contributed by atoms with Crippen LogP contribution in [0, 0.1) is 10.1 Å². The van der Waals surface area contributed by atoms with Crippen LogP contribution in [0.3, 0.4) is 0 Å². The van der Waals surface area contributed by atoms with E-state index in [2.05, 4.69) is 20.5 Å². The van der Waals surface area contributed by atoms with Crippen LogP contribution in [-0.4, -0.2) is 32.8 Å². The summed E-state index contributed by atoms with van der Waals surface area (Å²) >= 11 is 7.20. The maximum atomic E-state index is 11.9. The Labute approximate surface area is 156 Å². The fraction of sp³-hybridized carbons (Fsp3) is 0.0625. The van der Waals surface area contributed by atoms with Crippen molar-refractivity contribution in [3.63, 3.8) is 0 Å². The number of hydrazone groups is 1. The number of nitrogens with zero attached hydrogens (tertiary/aromatic N) is 3. The second kappa shape index (κ2) is 7.98. The number of aromatic nitrogens is 2. The molecule has 10 heteroatoms. The Hall–Kier alpha value is -2.91. The number of nitrogens with one attached hydrogen (secondary N) is 2. The summed E-state index contributed by atoms with van der Waals surface area (Å²) in [5.74, 6) is -0.229. The average Bonchev–Trinajstić information content (AvgIpc) is 3.04. The molecular formula is C16H12ClN5O3S. The van der Waals surface area contributed by atoms with Crippen molar-refractivity contribution in [2.75, 3.05) is 5.75 Å². The number of halogens is 1. The maximum absolute atomic E-state index is 11.9. The van der Waals surface area contributed by atoms with Crippen LogP contribution in [0.25, 0.3) is 11.0 Å². The topological polar surface area (TPSA) is 113 Å². The van der Waals surface area contributed by atoms with Crippen molar-refractivity contribution in [1.82, 2.24) is 15.4 Å². The van der Waals surface area contributed by atoms with Crippen LogP contribution in [0.2, 0.25) is 5.02 Å². The van der Waals surface area contributed by atoms with Crippen LogP contribution in [0.4, 0.5) is 5.69 Å². The highest BCUT2D eigenvalue weighted by molar-refractivity contribution is 7.99. The minimum Gasteiger partial charge on any atom is -0.333 e. The normalized spacial score (nSPS) is 11.1. The number of nitro groups is 1. The van der Waals surface area contributed by atoms with Gasteiger partial charge in [-0.05, 0) is 18.2 Å². The Bertz CT molecular complexity index is 971. The standard InChI is InChI=1S/C16H12ClN5O3S/c17-12-6-5-11(22(24)25)7-10(12)8-18-21-15(23)9-26-16-19-13-3-1-2-4-14(13)20-16/h1-8H,9H2,(H,19,20)(H,21,23). The third-order valence-corrected chi connectivity index (χ3v) is 4.51. The van der Waals surface area contributed by atoms with Gasteiger partial charge in [-0.3, -0.25) is 14.9 Å². The first-order valence-corrected chi connectivity index (χ1v) is 8.72. The van der Waals surface area contributed by atoms with E-state index < -0.39 is 4.92 Å². The van der Waals surface area contributed by atoms with Crippen molar-refractivity contribution in [2.24, 2.45) is 5.10 Å². The molecule has 0 fully saturated rings. The van der Waals surface area contributed by atoms with Crippen LogP contribution in [0.5, 0.6) is 0 Å². The van der Waals surface area contributed by atoms with Crippen molar-refractivity contribution < 1.29 is 9.72 Å². The summed E-state index contributed by atoms with van der Waals surface area (Å²) in [5.41, 5.74) is 4.31. The fourth-order valence-electron chi connectivity index (χ4n) is 2.08. The van der Waals surface area contributed by atoms with Gasteiger partial charge < -0.3 is 4.98 Å². The van der Waals surface area contributed by atoms with E-state index >= 15 is 0 Å². The number of carbonyl (C=O) groups excluding carboxylic acids is 1. The van der Waals surface area contributed by atoms with Crippen LogP contribution in [0.1, 0.15) is 5.56 Å². The first-order valence-electron chi connectivity index (χ1n) is 7.36. The maximum Gasteiger partial charge on any atom is 0.270 e. The Kier molecular flexibility index (Phi) is 5.49. The molecule has 0 saturated carbocycles. The smallest absolute Gasteiger partial charge is 0.270 e. The number of carbonyl (C=O) groups is 1. The predicted molar refractivity (Wildman–Crippen MR) is 101 cm³/mol. The predicted octanol–water partition coefficient (Wildman–Crippen LogP) is 3.37. The Balaban J connectivity index is 1.56. The Morgan fingerprint density at radius 1 is 1.38 bits per heavy atom. The number of thioether (sulfide) groups is 1. The molecule has 132 valence electrons. The highest BCUT2D eigenvalue weighted by Crippen LogP contribution is 2.21. The molecule has 0 bridgehead atoms. The number of benzene rings is 2. The van der Waals surface area contributed by atoms with E-state index in [0.717, 1.165) is 11.0 Å². The molecule has 1 aromatic heterocycles. The minimum absolute atomic E-state index is 0.109. The van der Waals surface area contributed by atoms with Gasteiger partial charge in [-0.25, -0.2) is 10.4 Å². The van der Waals surface area contributed by atoms with E-state index in [0.29, 0.717) is 15.7 Å². The van der Waals surface area contributed by atoms with Gasteiger partial charge in [-0.1, -0.05) is 35.5 Å². The quantitative estimate of drug-likeness (QED) is 0.290. The number of H-pyrrole nitrogens is 1. The molecule has 0 radical (unpaired) electrons. The van der Waals surface area contributed by atoms with Crippen molar-refractivity contribution in [2.45, 2.75) is 5.16 Å². The Morgan fingerprint density at radius 3 is 2.96 bits per heavy atom. The molecule has 0 aliphatic carbocycles. The van der Waals surface area contributed by atoms with E-state index in [1.54, 1.807) is 0 Å². The van der Waals surface area contributed by atoms with Gasteiger partial charge in [-0.2, -0.15) is 5.10 Å². The van der Waals surface area contributed by atoms with Crippen LogP contribution >= 0.6 is 23.4 Å². The van der Waals surface area contributed by atoms with E-state index in [9.17, 15) is 14.9 Å². The number of amides is 1. The zero-order valence-electron chi connectivity index (χ0n) is 13.2. The van der Waals surface area contributed by atoms with Crippen LogP contribution in [-0.2, 0) is 4.79 Å². The number of non-ortho nitro benzene ring substituents is 1. The van der Waals surface area contributed by atoms with Gasteiger partial charge in [0.05, 0.1) is 27.9 Å². The molecule has 0 spiro atoms. The fourth-order valence-corrected chi connectivity index (χ4v) is 2.93. The third-order valence-electron chi connectivity index (χ3n) is 3.29. The number of hydrogen-bond acceptors (Lipinski definition) is 6.